The summed E-state index contributed by atoms with van der Waals surface area (Å²) in [7, 11) is 0.930. The highest BCUT2D eigenvalue weighted by Crippen LogP contribution is 2.18. The fraction of sp³-hybridized carbons (Fsp3) is 0.684. The van der Waals surface area contributed by atoms with Crippen LogP contribution in [0.25, 0.3) is 0 Å². The molecule has 6 nitrogen and oxygen atoms in total. The molecule has 2 rings (SSSR count). The minimum absolute atomic E-state index is 0. The summed E-state index contributed by atoms with van der Waals surface area (Å²) in [6.45, 7) is 10.7. The van der Waals surface area contributed by atoms with Gasteiger partial charge in [0, 0.05) is 59.7 Å². The number of hydrogen-bond donors (Lipinski definition) is 2. The van der Waals surface area contributed by atoms with Gasteiger partial charge in [-0.3, -0.25) is 9.20 Å². The molecule has 154 valence electrons. The smallest absolute Gasteiger partial charge is 0.191 e. The van der Waals surface area contributed by atoms with Crippen molar-refractivity contribution in [2.45, 2.75) is 51.3 Å². The number of piperidine rings is 1. The lowest BCUT2D eigenvalue weighted by molar-refractivity contribution is 0.460. The Bertz CT molecular complexity index is 639. The molecular formula is C19H34IN5OS. The number of nitrogens with zero attached hydrogens (tertiary/aromatic N) is 3. The van der Waals surface area contributed by atoms with Gasteiger partial charge in [0.15, 0.2) is 5.96 Å². The van der Waals surface area contributed by atoms with E-state index in [0.29, 0.717) is 18.3 Å². The molecule has 0 amide bonds. The number of pyridine rings is 1. The Kier molecular flexibility index (Phi) is 10.0. The summed E-state index contributed by atoms with van der Waals surface area (Å²) in [5.74, 6) is 2.49. The van der Waals surface area contributed by atoms with Crippen molar-refractivity contribution in [2.24, 2.45) is 4.99 Å². The number of halogens is 1. The average molecular weight is 507 g/mol. The van der Waals surface area contributed by atoms with Gasteiger partial charge in [0.05, 0.1) is 0 Å². The first kappa shape index (κ1) is 24.1. The van der Waals surface area contributed by atoms with E-state index in [1.54, 1.807) is 7.05 Å². The van der Waals surface area contributed by atoms with Crippen molar-refractivity contribution in [3.8, 4) is 0 Å². The third-order valence-corrected chi connectivity index (χ3v) is 6.46. The topological polar surface area (TPSA) is 69.6 Å². The maximum absolute atomic E-state index is 12.1. The van der Waals surface area contributed by atoms with E-state index < -0.39 is 10.8 Å². The van der Waals surface area contributed by atoms with Crippen molar-refractivity contribution in [3.63, 3.8) is 0 Å². The molecule has 1 aromatic rings. The van der Waals surface area contributed by atoms with Gasteiger partial charge in [-0.2, -0.15) is 0 Å². The second-order valence-electron chi connectivity index (χ2n) is 7.70. The van der Waals surface area contributed by atoms with Crippen LogP contribution >= 0.6 is 24.0 Å². The maximum atomic E-state index is 12.1. The third-order valence-electron chi connectivity index (χ3n) is 4.52. The Morgan fingerprint density at radius 1 is 1.33 bits per heavy atom. The summed E-state index contributed by atoms with van der Waals surface area (Å²) in [6.07, 6.45) is 2.09. The molecule has 1 unspecified atom stereocenters. The molecule has 0 spiro atoms. The van der Waals surface area contributed by atoms with Gasteiger partial charge in [0.2, 0.25) is 0 Å². The molecule has 1 saturated heterocycles. The van der Waals surface area contributed by atoms with Crippen LogP contribution in [0.3, 0.4) is 0 Å². The van der Waals surface area contributed by atoms with Gasteiger partial charge in [-0.05, 0) is 52.7 Å². The van der Waals surface area contributed by atoms with Crippen molar-refractivity contribution in [1.82, 2.24) is 15.6 Å². The lowest BCUT2D eigenvalue weighted by atomic mass is 10.1. The minimum atomic E-state index is -0.849. The number of aryl methyl sites for hydroxylation is 1. The molecule has 0 aromatic carbocycles. The number of aliphatic imine (C=N–C) groups is 1. The number of aromatic nitrogens is 1. The number of rotatable bonds is 5. The fourth-order valence-electron chi connectivity index (χ4n) is 2.91. The standard InChI is InChI=1S/C19H33N5OS.HI/c1-15-7-6-8-17(22-15)24-12-9-16(10-13-24)23-18(20-5)21-11-14-26(25)19(2,3)4;/h6-8,16H,9-14H2,1-5H3,(H2,20,21,23);1H. The van der Waals surface area contributed by atoms with Crippen LogP contribution in [-0.4, -0.2) is 58.4 Å². The summed E-state index contributed by atoms with van der Waals surface area (Å²) < 4.78 is 11.9. The van der Waals surface area contributed by atoms with Crippen LogP contribution in [0, 0.1) is 6.92 Å². The van der Waals surface area contributed by atoms with E-state index >= 15 is 0 Å². The van der Waals surface area contributed by atoms with E-state index in [9.17, 15) is 4.21 Å². The third kappa shape index (κ3) is 7.93. The predicted molar refractivity (Wildman–Crippen MR) is 127 cm³/mol. The zero-order valence-electron chi connectivity index (χ0n) is 17.1. The van der Waals surface area contributed by atoms with Crippen molar-refractivity contribution < 1.29 is 4.21 Å². The molecule has 8 heteroatoms. The summed E-state index contributed by atoms with van der Waals surface area (Å²) >= 11 is 0. The molecule has 1 aliphatic heterocycles. The van der Waals surface area contributed by atoms with Gasteiger partial charge in [0.25, 0.3) is 0 Å². The molecule has 1 aliphatic rings. The molecule has 0 bridgehead atoms. The highest BCUT2D eigenvalue weighted by atomic mass is 127. The second-order valence-corrected chi connectivity index (χ2v) is 10.0. The first-order valence-electron chi connectivity index (χ1n) is 9.34. The van der Waals surface area contributed by atoms with Crippen LogP contribution in [-0.2, 0) is 10.8 Å². The predicted octanol–water partition coefficient (Wildman–Crippen LogP) is 2.69. The number of anilines is 1. The van der Waals surface area contributed by atoms with Gasteiger partial charge in [-0.25, -0.2) is 4.98 Å². The van der Waals surface area contributed by atoms with E-state index in [-0.39, 0.29) is 28.7 Å². The van der Waals surface area contributed by atoms with Crippen LogP contribution in [0.2, 0.25) is 0 Å². The Labute approximate surface area is 183 Å². The van der Waals surface area contributed by atoms with Gasteiger partial charge >= 0.3 is 0 Å². The van der Waals surface area contributed by atoms with Crippen LogP contribution in [0.1, 0.15) is 39.3 Å². The highest BCUT2D eigenvalue weighted by Gasteiger charge is 2.22. The summed E-state index contributed by atoms with van der Waals surface area (Å²) in [5.41, 5.74) is 1.06. The Balaban J connectivity index is 0.00000364. The Hall–Kier alpha value is -0.900. The van der Waals surface area contributed by atoms with Gasteiger partial charge in [-0.15, -0.1) is 24.0 Å². The summed E-state index contributed by atoms with van der Waals surface area (Å²) in [6, 6.07) is 6.57. The average Bonchev–Trinajstić information content (AvgIpc) is 2.60. The second kappa shape index (κ2) is 11.2. The van der Waals surface area contributed by atoms with Gasteiger partial charge in [0.1, 0.15) is 5.82 Å². The van der Waals surface area contributed by atoms with Crippen LogP contribution in [0.5, 0.6) is 0 Å². The molecule has 0 aliphatic carbocycles. The number of nitrogens with one attached hydrogen (secondary N) is 2. The molecular weight excluding hydrogens is 473 g/mol. The van der Waals surface area contributed by atoms with E-state index in [1.807, 2.05) is 33.8 Å². The van der Waals surface area contributed by atoms with E-state index in [4.69, 9.17) is 0 Å². The molecule has 1 atom stereocenters. The first-order chi connectivity index (χ1) is 12.3. The monoisotopic (exact) mass is 507 g/mol. The lowest BCUT2D eigenvalue weighted by Gasteiger charge is -2.34. The summed E-state index contributed by atoms with van der Waals surface area (Å²) in [4.78, 5) is 11.3. The molecule has 27 heavy (non-hydrogen) atoms. The highest BCUT2D eigenvalue weighted by molar-refractivity contribution is 14.0. The number of guanidine groups is 1. The first-order valence-corrected chi connectivity index (χ1v) is 10.7. The quantitative estimate of drug-likeness (QED) is 0.365. The normalized spacial score (nSPS) is 17.2. The van der Waals surface area contributed by atoms with E-state index in [1.165, 1.54) is 0 Å². The van der Waals surface area contributed by atoms with E-state index in [2.05, 4.69) is 37.6 Å². The van der Waals surface area contributed by atoms with Crippen molar-refractivity contribution in [1.29, 1.82) is 0 Å². The van der Waals surface area contributed by atoms with Gasteiger partial charge in [-0.1, -0.05) is 6.07 Å². The van der Waals surface area contributed by atoms with Crippen LogP contribution in [0.15, 0.2) is 23.2 Å². The van der Waals surface area contributed by atoms with Crippen LogP contribution < -0.4 is 15.5 Å². The van der Waals surface area contributed by atoms with Crippen molar-refractivity contribution in [2.75, 3.05) is 37.3 Å². The largest absolute Gasteiger partial charge is 0.356 e. The molecule has 0 radical (unpaired) electrons. The summed E-state index contributed by atoms with van der Waals surface area (Å²) in [5, 5.41) is 6.78. The van der Waals surface area contributed by atoms with Crippen molar-refractivity contribution >= 4 is 46.6 Å². The van der Waals surface area contributed by atoms with Crippen LogP contribution in [0.4, 0.5) is 5.82 Å². The SMILES string of the molecule is CN=C(NCCS(=O)C(C)(C)C)NC1CCN(c2cccc(C)n2)CC1.I. The molecule has 0 saturated carbocycles. The molecule has 1 fully saturated rings. The maximum Gasteiger partial charge on any atom is 0.191 e. The zero-order valence-corrected chi connectivity index (χ0v) is 20.3. The van der Waals surface area contributed by atoms with Crippen molar-refractivity contribution in [3.05, 3.63) is 23.9 Å². The number of hydrogen-bond acceptors (Lipinski definition) is 4. The lowest BCUT2D eigenvalue weighted by Crippen LogP contribution is -2.49. The Morgan fingerprint density at radius 2 is 2.00 bits per heavy atom. The van der Waals surface area contributed by atoms with Gasteiger partial charge < -0.3 is 15.5 Å². The molecule has 1 aromatic heterocycles. The zero-order chi connectivity index (χ0) is 19.2. The minimum Gasteiger partial charge on any atom is -0.356 e. The molecule has 2 N–H and O–H groups in total. The Morgan fingerprint density at radius 3 is 2.56 bits per heavy atom. The molecule has 2 heterocycles. The van der Waals surface area contributed by atoms with E-state index in [0.717, 1.165) is 43.4 Å². The fourth-order valence-corrected chi connectivity index (χ4v) is 3.81.